The average Bonchev–Trinajstić information content (AvgIpc) is 3.05. The Labute approximate surface area is 129 Å². The third kappa shape index (κ3) is 2.64. The van der Waals surface area contributed by atoms with Crippen LogP contribution in [0.15, 0.2) is 30.6 Å². The van der Waals surface area contributed by atoms with E-state index in [4.69, 9.17) is 4.74 Å². The molecule has 3 rings (SSSR count). The lowest BCUT2D eigenvalue weighted by molar-refractivity contribution is 0.122. The Kier molecular flexibility index (Phi) is 3.76. The molecule has 1 amide bonds. The number of ether oxygens (including phenoxy) is 1. The fourth-order valence-electron chi connectivity index (χ4n) is 2.10. The van der Waals surface area contributed by atoms with Crippen LogP contribution in [-0.4, -0.2) is 20.7 Å². The second kappa shape index (κ2) is 5.72. The zero-order valence-corrected chi connectivity index (χ0v) is 12.7. The van der Waals surface area contributed by atoms with Gasteiger partial charge in [0.15, 0.2) is 0 Å². The Balaban J connectivity index is 1.72. The highest BCUT2D eigenvalue weighted by atomic mass is 32.1. The van der Waals surface area contributed by atoms with Gasteiger partial charge in [0.25, 0.3) is 0 Å². The second-order valence-corrected chi connectivity index (χ2v) is 5.67. The molecule has 3 aromatic rings. The number of hydrogen-bond acceptors (Lipinski definition) is 5. The number of nitrogens with one attached hydrogen (secondary N) is 1. The van der Waals surface area contributed by atoms with E-state index < -0.39 is 18.0 Å². The van der Waals surface area contributed by atoms with Crippen molar-refractivity contribution in [2.45, 2.75) is 20.0 Å². The minimum Gasteiger partial charge on any atom is -0.440 e. The molecule has 2 heterocycles. The summed E-state index contributed by atoms with van der Waals surface area (Å²) in [5, 5.41) is 6.48. The Morgan fingerprint density at radius 2 is 2.23 bits per heavy atom. The number of halogens is 1. The van der Waals surface area contributed by atoms with Crippen molar-refractivity contribution in [3.63, 3.8) is 0 Å². The number of benzene rings is 1. The van der Waals surface area contributed by atoms with Gasteiger partial charge in [-0.05, 0) is 26.0 Å². The molecular weight excluding hydrogens is 307 g/mol. The van der Waals surface area contributed by atoms with Crippen LogP contribution in [0, 0.1) is 12.7 Å². The van der Waals surface area contributed by atoms with Gasteiger partial charge in [-0.15, -0.1) is 0 Å². The largest absolute Gasteiger partial charge is 0.440 e. The molecule has 0 bridgehead atoms. The summed E-state index contributed by atoms with van der Waals surface area (Å²) in [4.78, 5) is 17.6. The van der Waals surface area contributed by atoms with E-state index in [1.807, 2.05) is 6.92 Å². The van der Waals surface area contributed by atoms with Crippen molar-refractivity contribution >= 4 is 28.1 Å². The van der Waals surface area contributed by atoms with Gasteiger partial charge in [-0.2, -0.15) is 5.10 Å². The number of aryl methyl sites for hydroxylation is 1. The SMILES string of the molecule is Cc1c(C(C)OC(=O)Nc2ccccc2F)sc2ncnn12. The predicted octanol–water partition coefficient (Wildman–Crippen LogP) is 3.55. The number of nitrogens with zero attached hydrogens (tertiary/aromatic N) is 3. The number of anilines is 1. The van der Waals surface area contributed by atoms with Gasteiger partial charge in [-0.25, -0.2) is 18.7 Å². The Morgan fingerprint density at radius 3 is 2.95 bits per heavy atom. The van der Waals surface area contributed by atoms with Crippen LogP contribution in [0.3, 0.4) is 0 Å². The van der Waals surface area contributed by atoms with E-state index in [1.165, 1.54) is 29.8 Å². The minimum absolute atomic E-state index is 0.0825. The number of fused-ring (bicyclic) bond motifs is 1. The van der Waals surface area contributed by atoms with Crippen LogP contribution in [-0.2, 0) is 4.74 Å². The summed E-state index contributed by atoms with van der Waals surface area (Å²) in [5.74, 6) is -0.512. The quantitative estimate of drug-likeness (QED) is 0.801. The third-order valence-corrected chi connectivity index (χ3v) is 4.46. The molecule has 114 valence electrons. The Hall–Kier alpha value is -2.48. The summed E-state index contributed by atoms with van der Waals surface area (Å²) >= 11 is 1.40. The summed E-state index contributed by atoms with van der Waals surface area (Å²) in [6.07, 6.45) is 0.273. The first-order valence-electron chi connectivity index (χ1n) is 6.57. The van der Waals surface area contributed by atoms with Gasteiger partial charge in [0.2, 0.25) is 4.96 Å². The van der Waals surface area contributed by atoms with E-state index in [2.05, 4.69) is 15.4 Å². The van der Waals surface area contributed by atoms with Crippen molar-refractivity contribution < 1.29 is 13.9 Å². The molecule has 1 unspecified atom stereocenters. The molecule has 1 N–H and O–H groups in total. The minimum atomic E-state index is -0.712. The molecular formula is C14H13FN4O2S. The summed E-state index contributed by atoms with van der Waals surface area (Å²) in [5.41, 5.74) is 0.947. The van der Waals surface area contributed by atoms with E-state index in [-0.39, 0.29) is 5.69 Å². The van der Waals surface area contributed by atoms with E-state index in [0.29, 0.717) is 0 Å². The molecule has 0 saturated heterocycles. The molecule has 8 heteroatoms. The number of carbonyl (C=O) groups is 1. The lowest BCUT2D eigenvalue weighted by Gasteiger charge is -2.13. The first-order chi connectivity index (χ1) is 10.6. The molecule has 22 heavy (non-hydrogen) atoms. The number of rotatable bonds is 3. The van der Waals surface area contributed by atoms with Crippen LogP contribution in [0.1, 0.15) is 23.6 Å². The van der Waals surface area contributed by atoms with Crippen molar-refractivity contribution in [1.29, 1.82) is 0 Å². The highest BCUT2D eigenvalue weighted by Crippen LogP contribution is 2.29. The lowest BCUT2D eigenvalue weighted by Crippen LogP contribution is -2.16. The fourth-order valence-corrected chi connectivity index (χ4v) is 3.12. The van der Waals surface area contributed by atoms with Gasteiger partial charge >= 0.3 is 6.09 Å². The molecule has 2 aromatic heterocycles. The maximum Gasteiger partial charge on any atom is 0.412 e. The van der Waals surface area contributed by atoms with Crippen molar-refractivity contribution in [3.8, 4) is 0 Å². The van der Waals surface area contributed by atoms with Gasteiger partial charge < -0.3 is 4.74 Å². The Bertz CT molecular complexity index is 829. The lowest BCUT2D eigenvalue weighted by atomic mass is 10.3. The average molecular weight is 320 g/mol. The van der Waals surface area contributed by atoms with Crippen LogP contribution >= 0.6 is 11.3 Å². The van der Waals surface area contributed by atoms with Gasteiger partial charge in [0.05, 0.1) is 16.3 Å². The van der Waals surface area contributed by atoms with Crippen LogP contribution in [0.2, 0.25) is 0 Å². The first kappa shape index (κ1) is 14.5. The van der Waals surface area contributed by atoms with Crippen LogP contribution in [0.5, 0.6) is 0 Å². The molecule has 0 radical (unpaired) electrons. The van der Waals surface area contributed by atoms with Crippen LogP contribution in [0.4, 0.5) is 14.9 Å². The number of para-hydroxylation sites is 1. The van der Waals surface area contributed by atoms with E-state index in [0.717, 1.165) is 15.5 Å². The first-order valence-corrected chi connectivity index (χ1v) is 7.39. The molecule has 1 atom stereocenters. The van der Waals surface area contributed by atoms with E-state index in [1.54, 1.807) is 23.6 Å². The normalized spacial score (nSPS) is 12.3. The topological polar surface area (TPSA) is 68.5 Å². The third-order valence-electron chi connectivity index (χ3n) is 3.16. The number of thiazole rings is 1. The number of hydrogen-bond donors (Lipinski definition) is 1. The summed E-state index contributed by atoms with van der Waals surface area (Å²) in [6.45, 7) is 3.63. The molecule has 1 aromatic carbocycles. The van der Waals surface area contributed by atoms with Gasteiger partial charge in [0.1, 0.15) is 18.2 Å². The van der Waals surface area contributed by atoms with Crippen molar-refractivity contribution in [3.05, 3.63) is 47.0 Å². The summed E-state index contributed by atoms with van der Waals surface area (Å²) < 4.78 is 20.5. The van der Waals surface area contributed by atoms with Gasteiger partial charge in [-0.3, -0.25) is 5.32 Å². The van der Waals surface area contributed by atoms with Crippen LogP contribution < -0.4 is 5.32 Å². The monoisotopic (exact) mass is 320 g/mol. The second-order valence-electron chi connectivity index (χ2n) is 4.66. The van der Waals surface area contributed by atoms with E-state index in [9.17, 15) is 9.18 Å². The molecule has 0 saturated carbocycles. The molecule has 0 spiro atoms. The molecule has 0 aliphatic carbocycles. The van der Waals surface area contributed by atoms with Crippen LogP contribution in [0.25, 0.3) is 4.96 Å². The Morgan fingerprint density at radius 1 is 1.45 bits per heavy atom. The number of carbonyl (C=O) groups excluding carboxylic acids is 1. The standard InChI is InChI=1S/C14H13FN4O2S/c1-8-12(22-13-16-7-17-19(8)13)9(2)21-14(20)18-11-6-4-3-5-10(11)15/h3-7,9H,1-2H3,(H,18,20). The molecule has 6 nitrogen and oxygen atoms in total. The molecule has 0 aliphatic heterocycles. The van der Waals surface area contributed by atoms with Crippen molar-refractivity contribution in [2.75, 3.05) is 5.32 Å². The van der Waals surface area contributed by atoms with E-state index >= 15 is 0 Å². The smallest absolute Gasteiger partial charge is 0.412 e. The maximum absolute atomic E-state index is 13.5. The molecule has 0 aliphatic rings. The number of amides is 1. The molecule has 0 fully saturated rings. The van der Waals surface area contributed by atoms with Crippen molar-refractivity contribution in [1.82, 2.24) is 14.6 Å². The van der Waals surface area contributed by atoms with Gasteiger partial charge in [-0.1, -0.05) is 23.5 Å². The zero-order chi connectivity index (χ0) is 15.7. The zero-order valence-electron chi connectivity index (χ0n) is 11.9. The highest BCUT2D eigenvalue weighted by molar-refractivity contribution is 7.17. The summed E-state index contributed by atoms with van der Waals surface area (Å²) in [6, 6.07) is 5.91. The highest BCUT2D eigenvalue weighted by Gasteiger charge is 2.20. The summed E-state index contributed by atoms with van der Waals surface area (Å²) in [7, 11) is 0. The maximum atomic E-state index is 13.5. The predicted molar refractivity (Wildman–Crippen MR) is 80.5 cm³/mol. The van der Waals surface area contributed by atoms with Gasteiger partial charge in [0, 0.05) is 0 Å². The van der Waals surface area contributed by atoms with Crippen molar-refractivity contribution in [2.24, 2.45) is 0 Å². The fraction of sp³-hybridized carbons (Fsp3) is 0.214. The number of aromatic nitrogens is 3.